The summed E-state index contributed by atoms with van der Waals surface area (Å²) in [4.78, 5) is 2.47. The molecule has 1 aromatic heterocycles. The summed E-state index contributed by atoms with van der Waals surface area (Å²) in [5.41, 5.74) is 4.09. The number of rotatable bonds is 1. The van der Waals surface area contributed by atoms with Gasteiger partial charge in [0.2, 0.25) is 0 Å². The van der Waals surface area contributed by atoms with Gasteiger partial charge in [-0.2, -0.15) is 5.10 Å². The Balaban J connectivity index is 2.33. The van der Waals surface area contributed by atoms with Gasteiger partial charge in [0.05, 0.1) is 5.69 Å². The van der Waals surface area contributed by atoms with Gasteiger partial charge < -0.3 is 0 Å². The minimum Gasteiger partial charge on any atom is -0.299 e. The third kappa shape index (κ3) is 1.37. The van der Waals surface area contributed by atoms with E-state index in [4.69, 9.17) is 0 Å². The number of hydrogen-bond acceptors (Lipinski definition) is 2. The smallest absolute Gasteiger partial charge is 0.0641 e. The van der Waals surface area contributed by atoms with Gasteiger partial charge in [0, 0.05) is 37.8 Å². The Kier molecular flexibility index (Phi) is 2.12. The van der Waals surface area contributed by atoms with E-state index in [-0.39, 0.29) is 0 Å². The molecule has 3 heteroatoms. The molecule has 0 amide bonds. The van der Waals surface area contributed by atoms with Gasteiger partial charge in [0.25, 0.3) is 0 Å². The number of hydrogen-bond donors (Lipinski definition) is 0. The van der Waals surface area contributed by atoms with Crippen LogP contribution in [-0.2, 0) is 20.0 Å². The SMILES string of the molecule is CCN1CCc2c(c(C)nn2C)C1. The van der Waals surface area contributed by atoms with E-state index in [1.807, 2.05) is 11.7 Å². The van der Waals surface area contributed by atoms with Crippen LogP contribution in [-0.4, -0.2) is 27.8 Å². The minimum absolute atomic E-state index is 1.09. The Morgan fingerprint density at radius 3 is 2.92 bits per heavy atom. The molecule has 0 radical (unpaired) electrons. The van der Waals surface area contributed by atoms with E-state index in [0.717, 1.165) is 19.5 Å². The molecule has 0 aliphatic carbocycles. The number of aromatic nitrogens is 2. The van der Waals surface area contributed by atoms with Crippen molar-refractivity contribution in [3.05, 3.63) is 17.0 Å². The van der Waals surface area contributed by atoms with Gasteiger partial charge in [-0.3, -0.25) is 9.58 Å². The summed E-state index contributed by atoms with van der Waals surface area (Å²) >= 11 is 0. The number of nitrogens with zero attached hydrogens (tertiary/aromatic N) is 3. The zero-order valence-corrected chi connectivity index (χ0v) is 8.67. The quantitative estimate of drug-likeness (QED) is 0.644. The van der Waals surface area contributed by atoms with Gasteiger partial charge in [0.1, 0.15) is 0 Å². The minimum atomic E-state index is 1.09. The molecule has 0 spiro atoms. The van der Waals surface area contributed by atoms with Crippen LogP contribution < -0.4 is 0 Å². The zero-order chi connectivity index (χ0) is 9.42. The van der Waals surface area contributed by atoms with Crippen LogP contribution >= 0.6 is 0 Å². The molecule has 13 heavy (non-hydrogen) atoms. The highest BCUT2D eigenvalue weighted by molar-refractivity contribution is 5.27. The summed E-state index contributed by atoms with van der Waals surface area (Å²) in [6.07, 6.45) is 1.15. The molecule has 2 heterocycles. The fourth-order valence-corrected chi connectivity index (χ4v) is 2.10. The third-order valence-corrected chi connectivity index (χ3v) is 2.97. The molecule has 0 bridgehead atoms. The first-order valence-electron chi connectivity index (χ1n) is 4.96. The average Bonchev–Trinajstić information content (AvgIpc) is 2.42. The Morgan fingerprint density at radius 1 is 1.46 bits per heavy atom. The Labute approximate surface area is 79.3 Å². The lowest BCUT2D eigenvalue weighted by molar-refractivity contribution is 0.264. The van der Waals surface area contributed by atoms with Crippen LogP contribution in [0.5, 0.6) is 0 Å². The summed E-state index contributed by atoms with van der Waals surface area (Å²) in [7, 11) is 2.05. The summed E-state index contributed by atoms with van der Waals surface area (Å²) in [6, 6.07) is 0. The largest absolute Gasteiger partial charge is 0.299 e. The first-order valence-corrected chi connectivity index (χ1v) is 4.96. The van der Waals surface area contributed by atoms with Crippen molar-refractivity contribution in [1.29, 1.82) is 0 Å². The maximum atomic E-state index is 4.45. The molecule has 0 saturated heterocycles. The predicted molar refractivity (Wildman–Crippen MR) is 52.6 cm³/mol. The van der Waals surface area contributed by atoms with Crippen molar-refractivity contribution in [3.8, 4) is 0 Å². The van der Waals surface area contributed by atoms with Gasteiger partial charge in [-0.25, -0.2) is 0 Å². The molecule has 1 aliphatic heterocycles. The Hall–Kier alpha value is -0.830. The molecule has 3 nitrogen and oxygen atoms in total. The van der Waals surface area contributed by atoms with Crippen molar-refractivity contribution in [2.24, 2.45) is 7.05 Å². The lowest BCUT2D eigenvalue weighted by Crippen LogP contribution is -2.30. The standard InChI is InChI=1S/C10H17N3/c1-4-13-6-5-10-9(7-13)8(2)11-12(10)3/h4-7H2,1-3H3. The summed E-state index contributed by atoms with van der Waals surface area (Å²) in [5.74, 6) is 0. The zero-order valence-electron chi connectivity index (χ0n) is 8.67. The lowest BCUT2D eigenvalue weighted by atomic mass is 10.1. The van der Waals surface area contributed by atoms with Crippen molar-refractivity contribution in [2.45, 2.75) is 26.8 Å². The second-order valence-electron chi connectivity index (χ2n) is 3.75. The molecule has 1 aliphatic rings. The Morgan fingerprint density at radius 2 is 2.23 bits per heavy atom. The first kappa shape index (κ1) is 8.75. The van der Waals surface area contributed by atoms with Crippen molar-refractivity contribution in [2.75, 3.05) is 13.1 Å². The molecule has 0 saturated carbocycles. The van der Waals surface area contributed by atoms with E-state index in [1.54, 1.807) is 0 Å². The van der Waals surface area contributed by atoms with E-state index in [2.05, 4.69) is 23.8 Å². The molecule has 0 fully saturated rings. The predicted octanol–water partition coefficient (Wildman–Crippen LogP) is 1.11. The second-order valence-corrected chi connectivity index (χ2v) is 3.75. The van der Waals surface area contributed by atoms with E-state index in [0.29, 0.717) is 0 Å². The van der Waals surface area contributed by atoms with Crippen LogP contribution in [0.4, 0.5) is 0 Å². The van der Waals surface area contributed by atoms with Gasteiger partial charge in [-0.15, -0.1) is 0 Å². The maximum Gasteiger partial charge on any atom is 0.0641 e. The lowest BCUT2D eigenvalue weighted by Gasteiger charge is -2.25. The van der Waals surface area contributed by atoms with Crippen LogP contribution in [0.1, 0.15) is 23.9 Å². The summed E-state index contributed by atoms with van der Waals surface area (Å²) in [5, 5.41) is 4.45. The van der Waals surface area contributed by atoms with Crippen LogP contribution in [0.15, 0.2) is 0 Å². The van der Waals surface area contributed by atoms with Crippen molar-refractivity contribution in [3.63, 3.8) is 0 Å². The molecule has 1 aromatic rings. The highest BCUT2D eigenvalue weighted by Gasteiger charge is 2.20. The molecule has 2 rings (SSSR count). The second kappa shape index (κ2) is 3.14. The van der Waals surface area contributed by atoms with Crippen LogP contribution in [0.25, 0.3) is 0 Å². The van der Waals surface area contributed by atoms with E-state index in [9.17, 15) is 0 Å². The van der Waals surface area contributed by atoms with Crippen molar-refractivity contribution >= 4 is 0 Å². The molecular formula is C10H17N3. The first-order chi connectivity index (χ1) is 6.22. The number of fused-ring (bicyclic) bond motifs is 1. The highest BCUT2D eigenvalue weighted by Crippen LogP contribution is 2.20. The van der Waals surface area contributed by atoms with Crippen LogP contribution in [0.3, 0.4) is 0 Å². The fraction of sp³-hybridized carbons (Fsp3) is 0.700. The van der Waals surface area contributed by atoms with Gasteiger partial charge >= 0.3 is 0 Å². The fourth-order valence-electron chi connectivity index (χ4n) is 2.10. The van der Waals surface area contributed by atoms with Crippen LogP contribution in [0.2, 0.25) is 0 Å². The Bertz CT molecular complexity index is 314. The van der Waals surface area contributed by atoms with Gasteiger partial charge in [-0.05, 0) is 13.5 Å². The number of likely N-dealkylation sites (N-methyl/N-ethyl adjacent to an activating group) is 1. The topological polar surface area (TPSA) is 21.1 Å². The molecule has 0 unspecified atom stereocenters. The average molecular weight is 179 g/mol. The summed E-state index contributed by atoms with van der Waals surface area (Å²) in [6.45, 7) is 7.75. The normalized spacial score (nSPS) is 17.5. The molecule has 0 N–H and O–H groups in total. The molecule has 0 atom stereocenters. The molecular weight excluding hydrogens is 162 g/mol. The van der Waals surface area contributed by atoms with Crippen molar-refractivity contribution < 1.29 is 0 Å². The van der Waals surface area contributed by atoms with E-state index >= 15 is 0 Å². The summed E-state index contributed by atoms with van der Waals surface area (Å²) < 4.78 is 2.04. The highest BCUT2D eigenvalue weighted by atomic mass is 15.3. The third-order valence-electron chi connectivity index (χ3n) is 2.97. The molecule has 72 valence electrons. The van der Waals surface area contributed by atoms with Crippen molar-refractivity contribution in [1.82, 2.24) is 14.7 Å². The van der Waals surface area contributed by atoms with Gasteiger partial charge in [-0.1, -0.05) is 6.92 Å². The van der Waals surface area contributed by atoms with E-state index < -0.39 is 0 Å². The van der Waals surface area contributed by atoms with E-state index in [1.165, 1.54) is 23.5 Å². The maximum absolute atomic E-state index is 4.45. The molecule has 0 aromatic carbocycles. The van der Waals surface area contributed by atoms with Gasteiger partial charge in [0.15, 0.2) is 0 Å². The van der Waals surface area contributed by atoms with Crippen LogP contribution in [0, 0.1) is 6.92 Å². The monoisotopic (exact) mass is 179 g/mol. The number of aryl methyl sites for hydroxylation is 2.